The Bertz CT molecular complexity index is 995. The number of carbonyl (C=O) groups excluding carboxylic acids is 2. The van der Waals surface area contributed by atoms with Crippen molar-refractivity contribution in [2.45, 2.75) is 33.1 Å². The summed E-state index contributed by atoms with van der Waals surface area (Å²) in [6, 6.07) is 4.68. The Morgan fingerprint density at radius 1 is 1.10 bits per heavy atom. The third-order valence-corrected chi connectivity index (χ3v) is 4.06. The molecule has 0 aliphatic heterocycles. The van der Waals surface area contributed by atoms with Crippen LogP contribution in [0.1, 0.15) is 41.4 Å². The highest BCUT2D eigenvalue weighted by Gasteiger charge is 2.13. The lowest BCUT2D eigenvalue weighted by atomic mass is 10.1. The lowest BCUT2D eigenvalue weighted by molar-refractivity contribution is -0.121. The first-order chi connectivity index (χ1) is 13.8. The maximum atomic E-state index is 12.2. The summed E-state index contributed by atoms with van der Waals surface area (Å²) in [6.07, 6.45) is 0.891. The van der Waals surface area contributed by atoms with Crippen LogP contribution in [0.5, 0.6) is 11.5 Å². The Hall–Kier alpha value is -3.56. The highest BCUT2D eigenvalue weighted by atomic mass is 16.5. The molecule has 0 aliphatic rings. The minimum absolute atomic E-state index is 0.0522. The molecule has 10 heteroatoms. The van der Waals surface area contributed by atoms with Gasteiger partial charge >= 0.3 is 5.69 Å². The van der Waals surface area contributed by atoms with Gasteiger partial charge in [0.15, 0.2) is 11.5 Å². The molecule has 0 radical (unpaired) electrons. The van der Waals surface area contributed by atoms with Crippen LogP contribution in [0.3, 0.4) is 0 Å². The second-order valence-electron chi connectivity index (χ2n) is 6.23. The molecule has 0 saturated heterocycles. The van der Waals surface area contributed by atoms with Crippen LogP contribution in [0.2, 0.25) is 0 Å². The predicted octanol–water partition coefficient (Wildman–Crippen LogP) is 0.563. The number of amides is 2. The standard InChI is InChI=1S/C19H24N4O6/c1-4-9-29-14-7-5-12(10-15(14)28-3)17(25)23-22-16(24)8-6-13-11(2)20-19(27)21-18(13)26/h5,7,10H,4,6,8-9H2,1-3H3,(H,22,24)(H,23,25)(H2,20,21,26,27). The van der Waals surface area contributed by atoms with Crippen LogP contribution in [0.25, 0.3) is 0 Å². The molecule has 29 heavy (non-hydrogen) atoms. The van der Waals surface area contributed by atoms with Gasteiger partial charge in [0.05, 0.1) is 13.7 Å². The monoisotopic (exact) mass is 404 g/mol. The van der Waals surface area contributed by atoms with E-state index in [1.807, 2.05) is 6.92 Å². The summed E-state index contributed by atoms with van der Waals surface area (Å²) in [5, 5.41) is 0. The van der Waals surface area contributed by atoms with E-state index in [4.69, 9.17) is 9.47 Å². The molecular formula is C19H24N4O6. The van der Waals surface area contributed by atoms with Crippen molar-refractivity contribution in [1.82, 2.24) is 20.8 Å². The fourth-order valence-electron chi connectivity index (χ4n) is 2.57. The summed E-state index contributed by atoms with van der Waals surface area (Å²) >= 11 is 0. The Morgan fingerprint density at radius 3 is 2.52 bits per heavy atom. The van der Waals surface area contributed by atoms with E-state index in [0.29, 0.717) is 29.4 Å². The highest BCUT2D eigenvalue weighted by Crippen LogP contribution is 2.28. The fourth-order valence-corrected chi connectivity index (χ4v) is 2.57. The van der Waals surface area contributed by atoms with Crippen molar-refractivity contribution < 1.29 is 19.1 Å². The zero-order valence-electron chi connectivity index (χ0n) is 16.5. The van der Waals surface area contributed by atoms with Crippen LogP contribution in [-0.2, 0) is 11.2 Å². The normalized spacial score (nSPS) is 10.3. The van der Waals surface area contributed by atoms with E-state index in [-0.39, 0.29) is 18.4 Å². The molecule has 1 aromatic heterocycles. The molecular weight excluding hydrogens is 380 g/mol. The van der Waals surface area contributed by atoms with Gasteiger partial charge < -0.3 is 14.5 Å². The van der Waals surface area contributed by atoms with Gasteiger partial charge in [0, 0.05) is 23.2 Å². The van der Waals surface area contributed by atoms with Crippen molar-refractivity contribution in [1.29, 1.82) is 0 Å². The van der Waals surface area contributed by atoms with Crippen LogP contribution in [0.15, 0.2) is 27.8 Å². The van der Waals surface area contributed by atoms with Crippen LogP contribution in [-0.4, -0.2) is 35.5 Å². The Labute approximate surface area is 166 Å². The number of rotatable bonds is 8. The van der Waals surface area contributed by atoms with Crippen molar-refractivity contribution in [3.63, 3.8) is 0 Å². The number of hydrogen-bond donors (Lipinski definition) is 4. The topological polar surface area (TPSA) is 142 Å². The predicted molar refractivity (Wildman–Crippen MR) is 105 cm³/mol. The molecule has 156 valence electrons. The van der Waals surface area contributed by atoms with Crippen LogP contribution < -0.4 is 31.6 Å². The molecule has 1 aromatic carbocycles. The van der Waals surface area contributed by atoms with Gasteiger partial charge in [-0.15, -0.1) is 0 Å². The average Bonchev–Trinajstić information content (AvgIpc) is 2.69. The molecule has 10 nitrogen and oxygen atoms in total. The van der Waals surface area contributed by atoms with E-state index in [9.17, 15) is 19.2 Å². The van der Waals surface area contributed by atoms with Crippen LogP contribution >= 0.6 is 0 Å². The number of aromatic amines is 2. The molecule has 2 amide bonds. The summed E-state index contributed by atoms with van der Waals surface area (Å²) < 4.78 is 10.8. The molecule has 0 unspecified atom stereocenters. The molecule has 4 N–H and O–H groups in total. The molecule has 2 aromatic rings. The Morgan fingerprint density at radius 2 is 1.86 bits per heavy atom. The minimum Gasteiger partial charge on any atom is -0.493 e. The largest absolute Gasteiger partial charge is 0.493 e. The number of ether oxygens (including phenoxy) is 2. The Balaban J connectivity index is 1.92. The van der Waals surface area contributed by atoms with Gasteiger partial charge in [0.25, 0.3) is 11.5 Å². The number of benzene rings is 1. The second kappa shape index (κ2) is 10.1. The molecule has 0 fully saturated rings. The van der Waals surface area contributed by atoms with Crippen LogP contribution in [0, 0.1) is 6.92 Å². The summed E-state index contributed by atoms with van der Waals surface area (Å²) in [4.78, 5) is 51.8. The molecule has 0 spiro atoms. The summed E-state index contributed by atoms with van der Waals surface area (Å²) in [6.45, 7) is 4.08. The minimum atomic E-state index is -0.602. The lowest BCUT2D eigenvalue weighted by Crippen LogP contribution is -2.42. The maximum absolute atomic E-state index is 12.2. The number of hydrazine groups is 1. The number of carbonyl (C=O) groups is 2. The smallest absolute Gasteiger partial charge is 0.325 e. The number of methoxy groups -OCH3 is 1. The molecule has 2 rings (SSSR count). The van der Waals surface area contributed by atoms with Crippen LogP contribution in [0.4, 0.5) is 0 Å². The van der Waals surface area contributed by atoms with Crippen molar-refractivity contribution >= 4 is 11.8 Å². The van der Waals surface area contributed by atoms with Gasteiger partial charge in [-0.2, -0.15) is 0 Å². The summed E-state index contributed by atoms with van der Waals surface area (Å²) in [7, 11) is 1.47. The number of H-pyrrole nitrogens is 2. The molecule has 1 heterocycles. The van der Waals surface area contributed by atoms with E-state index in [0.717, 1.165) is 6.42 Å². The third kappa shape index (κ3) is 5.96. The van der Waals surface area contributed by atoms with E-state index in [2.05, 4.69) is 20.8 Å². The van der Waals surface area contributed by atoms with E-state index in [1.54, 1.807) is 19.1 Å². The second-order valence-corrected chi connectivity index (χ2v) is 6.23. The van der Waals surface area contributed by atoms with Gasteiger partial charge in [0.1, 0.15) is 0 Å². The third-order valence-electron chi connectivity index (χ3n) is 4.06. The quantitative estimate of drug-likeness (QED) is 0.474. The van der Waals surface area contributed by atoms with Crippen molar-refractivity contribution in [3.05, 3.63) is 55.9 Å². The summed E-state index contributed by atoms with van der Waals surface area (Å²) in [5.41, 5.74) is 4.44. The molecule has 0 saturated carbocycles. The first kappa shape index (κ1) is 21.7. The number of nitrogens with one attached hydrogen (secondary N) is 4. The maximum Gasteiger partial charge on any atom is 0.325 e. The molecule has 0 aliphatic carbocycles. The average molecular weight is 404 g/mol. The van der Waals surface area contributed by atoms with E-state index >= 15 is 0 Å². The first-order valence-corrected chi connectivity index (χ1v) is 9.07. The van der Waals surface area contributed by atoms with Gasteiger partial charge in [-0.1, -0.05) is 6.92 Å². The van der Waals surface area contributed by atoms with Crippen molar-refractivity contribution in [2.24, 2.45) is 0 Å². The first-order valence-electron chi connectivity index (χ1n) is 9.07. The van der Waals surface area contributed by atoms with E-state index < -0.39 is 23.1 Å². The van der Waals surface area contributed by atoms with Crippen molar-refractivity contribution in [2.75, 3.05) is 13.7 Å². The lowest BCUT2D eigenvalue weighted by Gasteiger charge is -2.12. The van der Waals surface area contributed by atoms with Crippen molar-refractivity contribution in [3.8, 4) is 11.5 Å². The Kier molecular flexibility index (Phi) is 7.58. The SMILES string of the molecule is CCCOc1ccc(C(=O)NNC(=O)CCc2c(C)[nH]c(=O)[nH]c2=O)cc1OC. The zero-order chi connectivity index (χ0) is 21.4. The van der Waals surface area contributed by atoms with Gasteiger partial charge in [-0.05, 0) is 38.0 Å². The van der Waals surface area contributed by atoms with E-state index in [1.165, 1.54) is 13.2 Å². The van der Waals surface area contributed by atoms with Gasteiger partial charge in [0.2, 0.25) is 5.91 Å². The zero-order valence-corrected chi connectivity index (χ0v) is 16.5. The molecule has 0 bridgehead atoms. The number of hydrogen-bond acceptors (Lipinski definition) is 6. The van der Waals surface area contributed by atoms with Gasteiger partial charge in [-0.3, -0.25) is 30.2 Å². The van der Waals surface area contributed by atoms with Gasteiger partial charge in [-0.25, -0.2) is 4.79 Å². The number of aryl methyl sites for hydroxylation is 1. The molecule has 0 atom stereocenters. The highest BCUT2D eigenvalue weighted by molar-refractivity contribution is 5.96. The number of aromatic nitrogens is 2. The fraction of sp³-hybridized carbons (Fsp3) is 0.368. The summed E-state index contributed by atoms with van der Waals surface area (Å²) in [5.74, 6) is -0.0865.